The monoisotopic (exact) mass is 290 g/mol. The van der Waals surface area contributed by atoms with Crippen LogP contribution in [0.5, 0.6) is 11.5 Å². The van der Waals surface area contributed by atoms with Gasteiger partial charge in [-0.25, -0.2) is 0 Å². The maximum atomic E-state index is 11.4. The Morgan fingerprint density at radius 3 is 3.05 bits per heavy atom. The molecule has 21 heavy (non-hydrogen) atoms. The van der Waals surface area contributed by atoms with Gasteiger partial charge in [0.1, 0.15) is 0 Å². The molecule has 0 unspecified atom stereocenters. The van der Waals surface area contributed by atoms with Crippen molar-refractivity contribution in [1.82, 2.24) is 10.2 Å². The molecule has 2 aliphatic heterocycles. The summed E-state index contributed by atoms with van der Waals surface area (Å²) in [6.45, 7) is 6.58. The molecule has 0 radical (unpaired) electrons. The summed E-state index contributed by atoms with van der Waals surface area (Å²) in [6.07, 6.45) is 0.993. The molecule has 1 amide bonds. The number of hydrogen-bond acceptors (Lipinski definition) is 4. The highest BCUT2D eigenvalue weighted by Crippen LogP contribution is 2.35. The number of hydrogen-bond donors (Lipinski definition) is 1. The molecular weight excluding hydrogens is 268 g/mol. The van der Waals surface area contributed by atoms with E-state index in [4.69, 9.17) is 9.47 Å². The molecule has 2 heterocycles. The van der Waals surface area contributed by atoms with E-state index in [9.17, 15) is 4.79 Å². The number of benzene rings is 1. The highest BCUT2D eigenvalue weighted by atomic mass is 16.7. The van der Waals surface area contributed by atoms with E-state index in [-0.39, 0.29) is 5.91 Å². The first-order valence-corrected chi connectivity index (χ1v) is 7.51. The Balaban J connectivity index is 1.59. The Kier molecular flexibility index (Phi) is 4.01. The highest BCUT2D eigenvalue weighted by molar-refractivity contribution is 5.73. The largest absolute Gasteiger partial charge is 0.454 e. The van der Waals surface area contributed by atoms with Gasteiger partial charge in [-0.2, -0.15) is 0 Å². The molecule has 114 valence electrons. The number of amides is 1. The summed E-state index contributed by atoms with van der Waals surface area (Å²) < 4.78 is 10.9. The van der Waals surface area contributed by atoms with Crippen LogP contribution in [-0.4, -0.2) is 36.7 Å². The van der Waals surface area contributed by atoms with Crippen LogP contribution in [0.2, 0.25) is 0 Å². The molecule has 1 fully saturated rings. The minimum atomic E-state index is 0.173. The van der Waals surface area contributed by atoms with Gasteiger partial charge in [-0.3, -0.25) is 4.79 Å². The third-order valence-corrected chi connectivity index (χ3v) is 4.38. The van der Waals surface area contributed by atoms with Crippen LogP contribution < -0.4 is 14.8 Å². The highest BCUT2D eigenvalue weighted by Gasteiger charge is 2.27. The normalized spacial score (nSPS) is 24.2. The van der Waals surface area contributed by atoms with E-state index < -0.39 is 0 Å². The first kappa shape index (κ1) is 14.2. The lowest BCUT2D eigenvalue weighted by Crippen LogP contribution is -2.49. The van der Waals surface area contributed by atoms with E-state index in [2.05, 4.69) is 18.3 Å². The van der Waals surface area contributed by atoms with Crippen molar-refractivity contribution in [1.29, 1.82) is 0 Å². The number of rotatable bonds is 3. The number of carbonyl (C=O) groups excluding carboxylic acids is 1. The summed E-state index contributed by atoms with van der Waals surface area (Å²) in [7, 11) is 0. The molecule has 0 spiro atoms. The number of ether oxygens (including phenoxy) is 2. The molecule has 0 aromatic heterocycles. The molecule has 5 heteroatoms. The molecule has 5 nitrogen and oxygen atoms in total. The van der Waals surface area contributed by atoms with Gasteiger partial charge in [-0.15, -0.1) is 0 Å². The van der Waals surface area contributed by atoms with E-state index in [0.717, 1.165) is 43.1 Å². The fourth-order valence-corrected chi connectivity index (χ4v) is 3.11. The van der Waals surface area contributed by atoms with Gasteiger partial charge in [0, 0.05) is 38.2 Å². The van der Waals surface area contributed by atoms with Crippen molar-refractivity contribution in [2.24, 2.45) is 5.92 Å². The van der Waals surface area contributed by atoms with Crippen LogP contribution in [0.25, 0.3) is 0 Å². The van der Waals surface area contributed by atoms with Crippen LogP contribution in [-0.2, 0) is 11.3 Å². The summed E-state index contributed by atoms with van der Waals surface area (Å²) in [6, 6.07) is 6.42. The Labute approximate surface area is 125 Å². The number of para-hydroxylation sites is 1. The van der Waals surface area contributed by atoms with Gasteiger partial charge in [-0.1, -0.05) is 19.1 Å². The molecule has 1 aromatic rings. The second kappa shape index (κ2) is 5.93. The third kappa shape index (κ3) is 2.97. The van der Waals surface area contributed by atoms with Gasteiger partial charge in [0.25, 0.3) is 0 Å². The van der Waals surface area contributed by atoms with Gasteiger partial charge in [-0.05, 0) is 18.4 Å². The fraction of sp³-hybridized carbons (Fsp3) is 0.562. The lowest BCUT2D eigenvalue weighted by atomic mass is 9.93. The van der Waals surface area contributed by atoms with Gasteiger partial charge in [0.2, 0.25) is 12.7 Å². The van der Waals surface area contributed by atoms with Crippen LogP contribution in [0.4, 0.5) is 0 Å². The number of nitrogens with zero attached hydrogens (tertiary/aromatic N) is 1. The topological polar surface area (TPSA) is 50.8 Å². The summed E-state index contributed by atoms with van der Waals surface area (Å²) >= 11 is 0. The molecule has 0 aliphatic carbocycles. The molecule has 2 aliphatic rings. The summed E-state index contributed by atoms with van der Waals surface area (Å²) in [4.78, 5) is 13.4. The number of fused-ring (bicyclic) bond motifs is 1. The minimum absolute atomic E-state index is 0.173. The van der Waals surface area contributed by atoms with Crippen molar-refractivity contribution in [3.63, 3.8) is 0 Å². The Bertz CT molecular complexity index is 532. The zero-order valence-electron chi connectivity index (χ0n) is 12.6. The Hall–Kier alpha value is -1.75. The lowest BCUT2D eigenvalue weighted by Gasteiger charge is -2.37. The number of likely N-dealkylation sites (tertiary alicyclic amines) is 1. The van der Waals surface area contributed by atoms with E-state index in [1.807, 2.05) is 17.0 Å². The summed E-state index contributed by atoms with van der Waals surface area (Å²) in [5, 5.41) is 3.60. The molecule has 1 N–H and O–H groups in total. The predicted molar refractivity (Wildman–Crippen MR) is 79.2 cm³/mol. The summed E-state index contributed by atoms with van der Waals surface area (Å²) in [5.74, 6) is 2.32. The average Bonchev–Trinajstić information content (AvgIpc) is 2.94. The third-order valence-electron chi connectivity index (χ3n) is 4.38. The van der Waals surface area contributed by atoms with Crippen molar-refractivity contribution in [2.75, 3.05) is 19.9 Å². The van der Waals surface area contributed by atoms with Crippen molar-refractivity contribution < 1.29 is 14.3 Å². The van der Waals surface area contributed by atoms with Gasteiger partial charge >= 0.3 is 0 Å². The molecule has 1 aromatic carbocycles. The second-order valence-corrected chi connectivity index (χ2v) is 5.87. The van der Waals surface area contributed by atoms with Gasteiger partial charge < -0.3 is 19.7 Å². The smallest absolute Gasteiger partial charge is 0.231 e. The van der Waals surface area contributed by atoms with Crippen LogP contribution >= 0.6 is 0 Å². The molecule has 0 saturated carbocycles. The molecule has 2 atom stereocenters. The first-order chi connectivity index (χ1) is 10.1. The van der Waals surface area contributed by atoms with E-state index in [0.29, 0.717) is 18.8 Å². The van der Waals surface area contributed by atoms with Crippen LogP contribution in [0, 0.1) is 5.92 Å². The quantitative estimate of drug-likeness (QED) is 0.921. The van der Waals surface area contributed by atoms with Crippen molar-refractivity contribution in [2.45, 2.75) is 32.9 Å². The van der Waals surface area contributed by atoms with Crippen molar-refractivity contribution >= 4 is 5.91 Å². The number of nitrogens with one attached hydrogen (secondary N) is 1. The van der Waals surface area contributed by atoms with Crippen LogP contribution in [0.3, 0.4) is 0 Å². The maximum absolute atomic E-state index is 11.4. The number of carbonyl (C=O) groups is 1. The van der Waals surface area contributed by atoms with Gasteiger partial charge in [0.15, 0.2) is 11.5 Å². The molecule has 1 saturated heterocycles. The molecule has 3 rings (SSSR count). The van der Waals surface area contributed by atoms with Crippen molar-refractivity contribution in [3.05, 3.63) is 23.8 Å². The standard InChI is InChI=1S/C16H22N2O3/c1-11-9-18(12(2)19)7-6-14(11)17-8-13-4-3-5-15-16(13)21-10-20-15/h3-5,11,14,17H,6-10H2,1-2H3/t11-,14-/m1/s1. The second-order valence-electron chi connectivity index (χ2n) is 5.87. The SMILES string of the molecule is CC(=O)N1CC[C@@H](NCc2cccc3c2OCO3)[C@H](C)C1. The fourth-order valence-electron chi connectivity index (χ4n) is 3.11. The maximum Gasteiger partial charge on any atom is 0.231 e. The van der Waals surface area contributed by atoms with Crippen LogP contribution in [0.15, 0.2) is 18.2 Å². The minimum Gasteiger partial charge on any atom is -0.454 e. The average molecular weight is 290 g/mol. The number of piperidine rings is 1. The van der Waals surface area contributed by atoms with E-state index in [1.165, 1.54) is 0 Å². The Morgan fingerprint density at radius 2 is 2.29 bits per heavy atom. The van der Waals surface area contributed by atoms with Gasteiger partial charge in [0.05, 0.1) is 0 Å². The predicted octanol–water partition coefficient (Wildman–Crippen LogP) is 1.76. The van der Waals surface area contributed by atoms with Crippen molar-refractivity contribution in [3.8, 4) is 11.5 Å². The lowest BCUT2D eigenvalue weighted by molar-refractivity contribution is -0.130. The Morgan fingerprint density at radius 1 is 1.43 bits per heavy atom. The zero-order valence-corrected chi connectivity index (χ0v) is 12.6. The van der Waals surface area contributed by atoms with Crippen LogP contribution in [0.1, 0.15) is 25.8 Å². The molecular formula is C16H22N2O3. The molecule has 0 bridgehead atoms. The van der Waals surface area contributed by atoms with E-state index >= 15 is 0 Å². The van der Waals surface area contributed by atoms with E-state index in [1.54, 1.807) is 6.92 Å². The first-order valence-electron chi connectivity index (χ1n) is 7.51. The zero-order chi connectivity index (χ0) is 14.8. The summed E-state index contributed by atoms with van der Waals surface area (Å²) in [5.41, 5.74) is 1.13.